The lowest BCUT2D eigenvalue weighted by atomic mass is 9.97. The molecule has 2 rings (SSSR count). The molecule has 1 saturated heterocycles. The van der Waals surface area contributed by atoms with E-state index >= 15 is 0 Å². The largest absolute Gasteiger partial charge is 0.383 e. The second-order valence-electron chi connectivity index (χ2n) is 6.96. The van der Waals surface area contributed by atoms with Gasteiger partial charge in [-0.05, 0) is 56.9 Å². The summed E-state index contributed by atoms with van der Waals surface area (Å²) in [5.74, 6) is 2.98. The Morgan fingerprint density at radius 1 is 1.25 bits per heavy atom. The van der Waals surface area contributed by atoms with Gasteiger partial charge in [-0.25, -0.2) is 0 Å². The number of hydrogen-bond acceptors (Lipinski definition) is 4. The lowest BCUT2D eigenvalue weighted by Crippen LogP contribution is -2.46. The van der Waals surface area contributed by atoms with Gasteiger partial charge in [0.1, 0.15) is 0 Å². The van der Waals surface area contributed by atoms with Crippen molar-refractivity contribution in [3.05, 3.63) is 0 Å². The molecule has 0 aromatic carbocycles. The quantitative estimate of drug-likeness (QED) is 0.516. The normalized spacial score (nSPS) is 26.7. The lowest BCUT2D eigenvalue weighted by molar-refractivity contribution is 0.121. The number of piperidine rings is 1. The maximum Gasteiger partial charge on any atom is 0.191 e. The number of nitrogens with zero attached hydrogens (tertiary/aromatic N) is 2. The third-order valence-electron chi connectivity index (χ3n) is 5.23. The summed E-state index contributed by atoms with van der Waals surface area (Å²) in [6.07, 6.45) is 6.43. The van der Waals surface area contributed by atoms with Crippen LogP contribution in [0.2, 0.25) is 0 Å². The van der Waals surface area contributed by atoms with Crippen LogP contribution in [0.5, 0.6) is 0 Å². The Balaban J connectivity index is 1.62. The standard InChI is InChI=1S/C18H36N4OS/c1-4-24-17-6-5-16(13-17)21-18(19-2)20-14-15-7-9-22(10-8-15)11-12-23-3/h15-17H,4-14H2,1-3H3,(H2,19,20,21). The maximum atomic E-state index is 5.17. The van der Waals surface area contributed by atoms with E-state index in [-0.39, 0.29) is 0 Å². The molecule has 2 fully saturated rings. The highest BCUT2D eigenvalue weighted by Crippen LogP contribution is 2.29. The zero-order valence-electron chi connectivity index (χ0n) is 15.7. The molecular weight excluding hydrogens is 320 g/mol. The molecule has 2 atom stereocenters. The molecule has 6 heteroatoms. The summed E-state index contributed by atoms with van der Waals surface area (Å²) in [5, 5.41) is 8.02. The van der Waals surface area contributed by atoms with Crippen LogP contribution in [0.15, 0.2) is 4.99 Å². The fourth-order valence-electron chi connectivity index (χ4n) is 3.72. The monoisotopic (exact) mass is 356 g/mol. The highest BCUT2D eigenvalue weighted by atomic mass is 32.2. The Kier molecular flexibility index (Phi) is 9.28. The van der Waals surface area contributed by atoms with E-state index in [9.17, 15) is 0 Å². The van der Waals surface area contributed by atoms with E-state index in [0.717, 1.165) is 36.8 Å². The predicted molar refractivity (Wildman–Crippen MR) is 105 cm³/mol. The molecule has 24 heavy (non-hydrogen) atoms. The van der Waals surface area contributed by atoms with Crippen LogP contribution in [0.1, 0.15) is 39.0 Å². The van der Waals surface area contributed by atoms with Gasteiger partial charge in [0, 0.05) is 38.5 Å². The van der Waals surface area contributed by atoms with Gasteiger partial charge in [-0.1, -0.05) is 6.92 Å². The van der Waals surface area contributed by atoms with Gasteiger partial charge < -0.3 is 20.3 Å². The molecule has 0 aromatic rings. The van der Waals surface area contributed by atoms with Crippen molar-refractivity contribution < 1.29 is 4.74 Å². The van der Waals surface area contributed by atoms with E-state index in [1.807, 2.05) is 7.05 Å². The summed E-state index contributed by atoms with van der Waals surface area (Å²) in [6.45, 7) is 7.60. The summed E-state index contributed by atoms with van der Waals surface area (Å²) in [7, 11) is 3.67. The van der Waals surface area contributed by atoms with Crippen molar-refractivity contribution in [3.63, 3.8) is 0 Å². The minimum Gasteiger partial charge on any atom is -0.383 e. The van der Waals surface area contributed by atoms with Gasteiger partial charge in [0.25, 0.3) is 0 Å². The van der Waals surface area contributed by atoms with Crippen LogP contribution >= 0.6 is 11.8 Å². The number of methoxy groups -OCH3 is 1. The fraction of sp³-hybridized carbons (Fsp3) is 0.944. The minimum atomic E-state index is 0.594. The van der Waals surface area contributed by atoms with Crippen molar-refractivity contribution in [2.75, 3.05) is 52.7 Å². The molecule has 0 spiro atoms. The first-order chi connectivity index (χ1) is 11.7. The number of thioether (sulfide) groups is 1. The zero-order valence-corrected chi connectivity index (χ0v) is 16.5. The first kappa shape index (κ1) is 19.9. The summed E-state index contributed by atoms with van der Waals surface area (Å²) >= 11 is 2.11. The fourth-order valence-corrected chi connectivity index (χ4v) is 4.86. The second kappa shape index (κ2) is 11.2. The molecule has 1 aliphatic carbocycles. The summed E-state index contributed by atoms with van der Waals surface area (Å²) in [6, 6.07) is 0.594. The Labute approximate surface area is 152 Å². The minimum absolute atomic E-state index is 0.594. The van der Waals surface area contributed by atoms with Crippen molar-refractivity contribution >= 4 is 17.7 Å². The third-order valence-corrected chi connectivity index (χ3v) is 6.46. The predicted octanol–water partition coefficient (Wildman–Crippen LogP) is 2.18. The van der Waals surface area contributed by atoms with Crippen molar-refractivity contribution in [2.45, 2.75) is 50.3 Å². The Bertz CT molecular complexity index is 372. The van der Waals surface area contributed by atoms with E-state index in [1.165, 1.54) is 50.9 Å². The molecule has 140 valence electrons. The van der Waals surface area contributed by atoms with Crippen LogP contribution in [-0.2, 0) is 4.74 Å². The molecule has 2 aliphatic rings. The van der Waals surface area contributed by atoms with Crippen LogP contribution < -0.4 is 10.6 Å². The number of aliphatic imine (C=N–C) groups is 1. The molecule has 0 amide bonds. The number of nitrogens with one attached hydrogen (secondary N) is 2. The van der Waals surface area contributed by atoms with Gasteiger partial charge in [0.15, 0.2) is 5.96 Å². The summed E-state index contributed by atoms with van der Waals surface area (Å²) in [4.78, 5) is 6.93. The Morgan fingerprint density at radius 3 is 2.71 bits per heavy atom. The van der Waals surface area contributed by atoms with E-state index < -0.39 is 0 Å². The van der Waals surface area contributed by atoms with E-state index in [0.29, 0.717) is 6.04 Å². The smallest absolute Gasteiger partial charge is 0.191 e. The molecule has 2 unspecified atom stereocenters. The molecule has 0 aromatic heterocycles. The second-order valence-corrected chi connectivity index (χ2v) is 8.54. The highest BCUT2D eigenvalue weighted by molar-refractivity contribution is 7.99. The van der Waals surface area contributed by atoms with E-state index in [2.05, 4.69) is 39.2 Å². The average molecular weight is 357 g/mol. The third kappa shape index (κ3) is 6.81. The summed E-state index contributed by atoms with van der Waals surface area (Å²) in [5.41, 5.74) is 0. The SMILES string of the molecule is CCSC1CCC(NC(=NC)NCC2CCN(CCOC)CC2)C1. The topological polar surface area (TPSA) is 48.9 Å². The molecule has 1 saturated carbocycles. The van der Waals surface area contributed by atoms with Crippen LogP contribution in [-0.4, -0.2) is 74.8 Å². The van der Waals surface area contributed by atoms with Crippen LogP contribution in [0.25, 0.3) is 0 Å². The summed E-state index contributed by atoms with van der Waals surface area (Å²) < 4.78 is 5.17. The van der Waals surface area contributed by atoms with Gasteiger partial charge in [-0.2, -0.15) is 11.8 Å². The number of ether oxygens (including phenoxy) is 1. The van der Waals surface area contributed by atoms with Gasteiger partial charge in [-0.3, -0.25) is 4.99 Å². The number of rotatable bonds is 8. The van der Waals surface area contributed by atoms with Crippen molar-refractivity contribution in [3.8, 4) is 0 Å². The van der Waals surface area contributed by atoms with Crippen LogP contribution in [0.4, 0.5) is 0 Å². The molecule has 1 aliphatic heterocycles. The number of guanidine groups is 1. The van der Waals surface area contributed by atoms with Gasteiger partial charge in [0.05, 0.1) is 6.61 Å². The lowest BCUT2D eigenvalue weighted by Gasteiger charge is -2.32. The molecule has 0 radical (unpaired) electrons. The zero-order chi connectivity index (χ0) is 17.2. The first-order valence-electron chi connectivity index (χ1n) is 9.55. The highest BCUT2D eigenvalue weighted by Gasteiger charge is 2.25. The van der Waals surface area contributed by atoms with E-state index in [4.69, 9.17) is 4.74 Å². The molecule has 1 heterocycles. The van der Waals surface area contributed by atoms with Crippen molar-refractivity contribution in [1.29, 1.82) is 0 Å². The van der Waals surface area contributed by atoms with Crippen molar-refractivity contribution in [2.24, 2.45) is 10.9 Å². The Morgan fingerprint density at radius 2 is 2.04 bits per heavy atom. The average Bonchev–Trinajstić information content (AvgIpc) is 3.05. The molecular formula is C18H36N4OS. The first-order valence-corrected chi connectivity index (χ1v) is 10.6. The number of likely N-dealkylation sites (tertiary alicyclic amines) is 1. The maximum absolute atomic E-state index is 5.17. The van der Waals surface area contributed by atoms with Crippen LogP contribution in [0.3, 0.4) is 0 Å². The molecule has 5 nitrogen and oxygen atoms in total. The van der Waals surface area contributed by atoms with E-state index in [1.54, 1.807) is 7.11 Å². The molecule has 2 N–H and O–H groups in total. The number of hydrogen-bond donors (Lipinski definition) is 2. The van der Waals surface area contributed by atoms with Gasteiger partial charge in [0.2, 0.25) is 0 Å². The van der Waals surface area contributed by atoms with Crippen molar-refractivity contribution in [1.82, 2.24) is 15.5 Å². The van der Waals surface area contributed by atoms with Gasteiger partial charge in [-0.15, -0.1) is 0 Å². The van der Waals surface area contributed by atoms with Gasteiger partial charge >= 0.3 is 0 Å². The molecule has 0 bridgehead atoms. The van der Waals surface area contributed by atoms with Crippen LogP contribution in [0, 0.1) is 5.92 Å². The Hall–Kier alpha value is -0.460.